The Bertz CT molecular complexity index is 1810. The molecule has 9 nitrogen and oxygen atoms in total. The van der Waals surface area contributed by atoms with Gasteiger partial charge in [-0.05, 0) is 66.8 Å². The molecule has 48 heavy (non-hydrogen) atoms. The van der Waals surface area contributed by atoms with Crippen molar-refractivity contribution in [2.45, 2.75) is 70.3 Å². The topological polar surface area (TPSA) is 97.8 Å². The molecule has 1 atom stereocenters. The van der Waals surface area contributed by atoms with Crippen LogP contribution >= 0.6 is 0 Å². The smallest absolute Gasteiger partial charge is 0.416 e. The maximum Gasteiger partial charge on any atom is 0.416 e. The number of aromatic nitrogens is 3. The summed E-state index contributed by atoms with van der Waals surface area (Å²) in [6, 6.07) is 9.87. The Hall–Kier alpha value is -4.00. The van der Waals surface area contributed by atoms with Gasteiger partial charge in [0.15, 0.2) is 0 Å². The van der Waals surface area contributed by atoms with Crippen molar-refractivity contribution in [2.24, 2.45) is 0 Å². The quantitative estimate of drug-likeness (QED) is 0.228. The Labute approximate surface area is 277 Å². The third kappa shape index (κ3) is 6.65. The molecule has 1 aromatic carbocycles. The number of H-pyrrole nitrogens is 1. The van der Waals surface area contributed by atoms with Crippen LogP contribution in [0.1, 0.15) is 72.7 Å². The molecule has 254 valence electrons. The first-order valence-corrected chi connectivity index (χ1v) is 16.8. The normalized spacial score (nSPS) is 19.8. The molecule has 2 N–H and O–H groups in total. The van der Waals surface area contributed by atoms with Crippen LogP contribution in [0.2, 0.25) is 0 Å². The zero-order chi connectivity index (χ0) is 33.6. The first kappa shape index (κ1) is 32.5. The Morgan fingerprint density at radius 1 is 1.06 bits per heavy atom. The van der Waals surface area contributed by atoms with Gasteiger partial charge >= 0.3 is 6.18 Å². The molecule has 3 aliphatic rings. The molecule has 12 heteroatoms. The average molecular weight is 663 g/mol. The van der Waals surface area contributed by atoms with E-state index in [1.807, 2.05) is 19.1 Å². The van der Waals surface area contributed by atoms with Crippen LogP contribution in [0.25, 0.3) is 11.0 Å². The molecular weight excluding hydrogens is 621 g/mol. The van der Waals surface area contributed by atoms with Crippen molar-refractivity contribution in [1.82, 2.24) is 29.7 Å². The number of hydrogen-bond acceptors (Lipinski definition) is 7. The summed E-state index contributed by atoms with van der Waals surface area (Å²) in [6.45, 7) is 9.18. The number of likely N-dealkylation sites (N-methyl/N-ethyl adjacent to an activating group) is 1. The number of aromatic amines is 1. The third-order valence-electron chi connectivity index (χ3n) is 10.1. The van der Waals surface area contributed by atoms with Crippen molar-refractivity contribution in [3.05, 3.63) is 82.4 Å². The summed E-state index contributed by atoms with van der Waals surface area (Å²) in [4.78, 5) is 32.0. The minimum atomic E-state index is -4.52. The van der Waals surface area contributed by atoms with Crippen LogP contribution < -0.4 is 4.74 Å². The third-order valence-corrected chi connectivity index (χ3v) is 10.1. The van der Waals surface area contributed by atoms with Gasteiger partial charge in [-0.25, -0.2) is 4.98 Å². The van der Waals surface area contributed by atoms with Gasteiger partial charge in [0, 0.05) is 63.6 Å². The van der Waals surface area contributed by atoms with Crippen LogP contribution in [0.5, 0.6) is 11.5 Å². The summed E-state index contributed by atoms with van der Waals surface area (Å²) in [7, 11) is 0. The van der Waals surface area contributed by atoms with Gasteiger partial charge in [-0.1, -0.05) is 26.0 Å². The predicted octanol–water partition coefficient (Wildman–Crippen LogP) is 5.97. The summed E-state index contributed by atoms with van der Waals surface area (Å²) in [5.74, 6) is 0.832. The molecule has 1 amide bonds. The van der Waals surface area contributed by atoms with E-state index in [2.05, 4.69) is 26.7 Å². The van der Waals surface area contributed by atoms with Gasteiger partial charge in [-0.3, -0.25) is 14.7 Å². The number of amides is 1. The molecule has 0 radical (unpaired) electrons. The second kappa shape index (κ2) is 12.8. The van der Waals surface area contributed by atoms with Crippen LogP contribution in [0.15, 0.2) is 48.8 Å². The number of rotatable bonds is 9. The number of carbonyl (C=O) groups is 1. The maximum atomic E-state index is 14.2. The Kier molecular flexibility index (Phi) is 8.67. The molecule has 3 aromatic heterocycles. The predicted molar refractivity (Wildman–Crippen MR) is 175 cm³/mol. The number of hydrogen-bond donors (Lipinski definition) is 2. The Morgan fingerprint density at radius 2 is 1.83 bits per heavy atom. The molecule has 1 aliphatic carbocycles. The number of fused-ring (bicyclic) bond motifs is 2. The van der Waals surface area contributed by atoms with Crippen LogP contribution in [-0.4, -0.2) is 79.9 Å². The number of nitrogens with zero attached hydrogens (tertiary/aromatic N) is 5. The second-order valence-electron chi connectivity index (χ2n) is 13.4. The highest BCUT2D eigenvalue weighted by Crippen LogP contribution is 2.46. The lowest BCUT2D eigenvalue weighted by Gasteiger charge is -2.34. The zero-order valence-corrected chi connectivity index (χ0v) is 27.3. The molecule has 0 bridgehead atoms. The number of carbonyl (C=O) groups excluding carboxylic acids is 1. The summed E-state index contributed by atoms with van der Waals surface area (Å²) in [6.07, 6.45) is 0.831. The van der Waals surface area contributed by atoms with Crippen LogP contribution in [0.4, 0.5) is 13.2 Å². The number of alkyl halides is 3. The standard InChI is InChI=1S/C36H41F3N6O3/c1-3-24-21-45(32(46)16-23-5-6-25(29(15-23)36(37,38)39)20-44-13-11-43(4-2)12-14-44)22-26-17-27(19-41-33(24)26)48-30-7-10-40-34-28(30)18-31(42-34)35(47)8-9-35/h5-7,10,15,17-19,24,47H,3-4,8-9,11-14,16,20-22H2,1-2H3,(H,40,42)/t24-/m1/s1. The van der Waals surface area contributed by atoms with E-state index in [1.165, 1.54) is 0 Å². The summed E-state index contributed by atoms with van der Waals surface area (Å²) < 4.78 is 49.0. The van der Waals surface area contributed by atoms with Crippen LogP contribution in [0.3, 0.4) is 0 Å². The molecule has 5 heterocycles. The largest absolute Gasteiger partial charge is 0.455 e. The van der Waals surface area contributed by atoms with Crippen molar-refractivity contribution >= 4 is 16.9 Å². The van der Waals surface area contributed by atoms with Crippen LogP contribution in [-0.2, 0) is 36.1 Å². The molecule has 1 saturated heterocycles. The minimum absolute atomic E-state index is 0.00723. The van der Waals surface area contributed by atoms with E-state index < -0.39 is 17.3 Å². The van der Waals surface area contributed by atoms with E-state index >= 15 is 0 Å². The fraction of sp³-hybridized carbons (Fsp3) is 0.472. The van der Waals surface area contributed by atoms with Crippen molar-refractivity contribution in [2.75, 3.05) is 39.3 Å². The summed E-state index contributed by atoms with van der Waals surface area (Å²) in [5, 5.41) is 11.3. The number of piperazine rings is 1. The number of pyridine rings is 2. The lowest BCUT2D eigenvalue weighted by molar-refractivity contribution is -0.139. The average Bonchev–Trinajstić information content (AvgIpc) is 3.66. The van der Waals surface area contributed by atoms with Gasteiger partial charge in [0.1, 0.15) is 22.7 Å². The monoisotopic (exact) mass is 662 g/mol. The van der Waals surface area contributed by atoms with Crippen molar-refractivity contribution < 1.29 is 27.8 Å². The number of ether oxygens (including phenoxy) is 1. The maximum absolute atomic E-state index is 14.2. The SMILES string of the molecule is CC[C@@H]1CN(C(=O)Cc2ccc(CN3CCN(CC)CC3)c(C(F)(F)F)c2)Cc2cc(Oc3ccnc4[nH]c(C5(O)CC5)cc34)cnc21. The van der Waals surface area contributed by atoms with E-state index in [1.54, 1.807) is 35.5 Å². The number of aliphatic hydroxyl groups is 1. The fourth-order valence-electron chi connectivity index (χ4n) is 6.97. The van der Waals surface area contributed by atoms with Crippen molar-refractivity contribution in [3.8, 4) is 11.5 Å². The van der Waals surface area contributed by atoms with Gasteiger partial charge in [0.05, 0.1) is 29.3 Å². The van der Waals surface area contributed by atoms with E-state index in [-0.39, 0.29) is 36.9 Å². The van der Waals surface area contributed by atoms with Gasteiger partial charge in [0.25, 0.3) is 0 Å². The fourth-order valence-corrected chi connectivity index (χ4v) is 6.97. The number of nitrogens with one attached hydrogen (secondary N) is 1. The Morgan fingerprint density at radius 3 is 2.54 bits per heavy atom. The van der Waals surface area contributed by atoms with E-state index in [4.69, 9.17) is 9.72 Å². The highest BCUT2D eigenvalue weighted by molar-refractivity contribution is 5.84. The number of benzene rings is 1. The summed E-state index contributed by atoms with van der Waals surface area (Å²) in [5.41, 5.74) is 2.17. The zero-order valence-electron chi connectivity index (χ0n) is 27.3. The van der Waals surface area contributed by atoms with Gasteiger partial charge in [-0.15, -0.1) is 0 Å². The van der Waals surface area contributed by atoms with Crippen molar-refractivity contribution in [3.63, 3.8) is 0 Å². The molecule has 0 unspecified atom stereocenters. The molecule has 4 aromatic rings. The molecule has 0 spiro atoms. The van der Waals surface area contributed by atoms with E-state index in [9.17, 15) is 23.1 Å². The summed E-state index contributed by atoms with van der Waals surface area (Å²) >= 11 is 0. The van der Waals surface area contributed by atoms with E-state index in [0.717, 1.165) is 61.9 Å². The van der Waals surface area contributed by atoms with Gasteiger partial charge < -0.3 is 24.6 Å². The molecule has 7 rings (SSSR count). The molecule has 2 aliphatic heterocycles. The molecule has 1 saturated carbocycles. The van der Waals surface area contributed by atoms with E-state index in [0.29, 0.717) is 47.8 Å². The Balaban J connectivity index is 1.07. The highest BCUT2D eigenvalue weighted by atomic mass is 19.4. The second-order valence-corrected chi connectivity index (χ2v) is 13.4. The van der Waals surface area contributed by atoms with Crippen LogP contribution in [0, 0.1) is 0 Å². The number of halogens is 3. The molecular formula is C36H41F3N6O3. The lowest BCUT2D eigenvalue weighted by Crippen LogP contribution is -2.45. The van der Waals surface area contributed by atoms with Gasteiger partial charge in [-0.2, -0.15) is 13.2 Å². The first-order chi connectivity index (χ1) is 23.0. The lowest BCUT2D eigenvalue weighted by atomic mass is 9.92. The minimum Gasteiger partial charge on any atom is -0.455 e. The van der Waals surface area contributed by atoms with Crippen molar-refractivity contribution in [1.29, 1.82) is 0 Å². The van der Waals surface area contributed by atoms with Gasteiger partial charge in [0.2, 0.25) is 5.91 Å². The first-order valence-electron chi connectivity index (χ1n) is 16.8. The molecule has 2 fully saturated rings. The highest BCUT2D eigenvalue weighted by Gasteiger charge is 2.44.